The van der Waals surface area contributed by atoms with Crippen molar-refractivity contribution >= 4 is 34.0 Å². The molecular weight excluding hydrogens is 474 g/mol. The van der Waals surface area contributed by atoms with Crippen LogP contribution in [0.2, 0.25) is 5.02 Å². The summed E-state index contributed by atoms with van der Waals surface area (Å²) in [4.78, 5) is 21.3. The molecule has 34 heavy (non-hydrogen) atoms. The number of nitrogens with one attached hydrogen (secondary N) is 1. The maximum absolute atomic E-state index is 13.3. The van der Waals surface area contributed by atoms with Crippen LogP contribution in [-0.4, -0.2) is 48.9 Å². The van der Waals surface area contributed by atoms with Crippen LogP contribution < -0.4 is 14.8 Å². The minimum absolute atomic E-state index is 0.00879. The van der Waals surface area contributed by atoms with Gasteiger partial charge in [-0.3, -0.25) is 9.69 Å². The molecule has 1 aromatic heterocycles. The molecule has 2 fully saturated rings. The number of ether oxygens (including phenoxy) is 3. The summed E-state index contributed by atoms with van der Waals surface area (Å²) in [6, 6.07) is 13.7. The minimum atomic E-state index is -0.538. The zero-order valence-corrected chi connectivity index (χ0v) is 20.0. The van der Waals surface area contributed by atoms with E-state index in [9.17, 15) is 4.79 Å². The maximum Gasteiger partial charge on any atom is 0.236 e. The number of benzene rings is 2. The molecule has 1 aliphatic carbocycles. The molecule has 2 aromatic carbocycles. The van der Waals surface area contributed by atoms with Gasteiger partial charge in [-0.15, -0.1) is 0 Å². The molecule has 0 spiro atoms. The van der Waals surface area contributed by atoms with Crippen molar-refractivity contribution in [2.45, 2.75) is 24.3 Å². The lowest BCUT2D eigenvalue weighted by Crippen LogP contribution is -2.39. The molecule has 0 radical (unpaired) electrons. The van der Waals surface area contributed by atoms with Gasteiger partial charge in [0.25, 0.3) is 0 Å². The third-order valence-electron chi connectivity index (χ3n) is 6.70. The molecule has 1 saturated heterocycles. The Kier molecular flexibility index (Phi) is 5.69. The fourth-order valence-electron chi connectivity index (χ4n) is 4.72. The first-order valence-corrected chi connectivity index (χ1v) is 12.6. The second-order valence-corrected chi connectivity index (χ2v) is 10.3. The number of rotatable bonds is 6. The van der Waals surface area contributed by atoms with Crippen molar-refractivity contribution < 1.29 is 19.0 Å². The maximum atomic E-state index is 13.3. The molecule has 1 saturated carbocycles. The van der Waals surface area contributed by atoms with Crippen LogP contribution in [0.4, 0.5) is 5.13 Å². The monoisotopic (exact) mass is 497 g/mol. The van der Waals surface area contributed by atoms with Gasteiger partial charge >= 0.3 is 0 Å². The van der Waals surface area contributed by atoms with Crippen molar-refractivity contribution in [1.82, 2.24) is 9.88 Å². The lowest BCUT2D eigenvalue weighted by molar-refractivity contribution is -0.118. The number of hydrogen-bond donors (Lipinski definition) is 1. The number of halogens is 1. The fourth-order valence-corrected chi connectivity index (χ4v) is 5.89. The van der Waals surface area contributed by atoms with Crippen molar-refractivity contribution in [2.75, 3.05) is 38.4 Å². The average Bonchev–Trinajstić information content (AvgIpc) is 3.32. The van der Waals surface area contributed by atoms with Gasteiger partial charge in [-0.05, 0) is 48.2 Å². The molecule has 1 N–H and O–H groups in total. The van der Waals surface area contributed by atoms with E-state index in [4.69, 9.17) is 25.8 Å². The highest BCUT2D eigenvalue weighted by Gasteiger charge is 2.52. The number of carbonyl (C=O) groups is 1. The van der Waals surface area contributed by atoms with Gasteiger partial charge in [0.15, 0.2) is 16.6 Å². The van der Waals surface area contributed by atoms with E-state index in [1.54, 1.807) is 0 Å². The molecule has 3 heterocycles. The van der Waals surface area contributed by atoms with Crippen LogP contribution >= 0.6 is 22.9 Å². The zero-order valence-electron chi connectivity index (χ0n) is 18.5. The lowest BCUT2D eigenvalue weighted by Gasteiger charge is -2.34. The minimum Gasteiger partial charge on any atom is -0.454 e. The quantitative estimate of drug-likeness (QED) is 0.536. The van der Waals surface area contributed by atoms with Crippen LogP contribution in [0, 0.1) is 0 Å². The highest BCUT2D eigenvalue weighted by Crippen LogP contribution is 2.51. The van der Waals surface area contributed by atoms with Crippen molar-refractivity contribution in [3.05, 3.63) is 69.7 Å². The molecule has 1 amide bonds. The van der Waals surface area contributed by atoms with Crippen molar-refractivity contribution in [2.24, 2.45) is 0 Å². The second kappa shape index (κ2) is 8.85. The van der Waals surface area contributed by atoms with Crippen LogP contribution in [0.25, 0.3) is 0 Å². The van der Waals surface area contributed by atoms with Gasteiger partial charge in [0.05, 0.1) is 24.7 Å². The van der Waals surface area contributed by atoms with Gasteiger partial charge in [-0.2, -0.15) is 0 Å². The van der Waals surface area contributed by atoms with E-state index in [0.29, 0.717) is 29.1 Å². The SMILES string of the molecule is O=C(Nc1ncc(C(c2cccc(Cl)c2)N2CCOCC2)s1)C1(c2ccc3c(c2)OCO3)CC1. The van der Waals surface area contributed by atoms with Gasteiger partial charge in [0, 0.05) is 29.2 Å². The molecule has 3 aliphatic rings. The lowest BCUT2D eigenvalue weighted by atomic mass is 9.94. The first-order chi connectivity index (χ1) is 16.6. The first kappa shape index (κ1) is 21.9. The number of anilines is 1. The molecular formula is C25H24ClN3O4S. The molecule has 2 aliphatic heterocycles. The summed E-state index contributed by atoms with van der Waals surface area (Å²) < 4.78 is 16.5. The van der Waals surface area contributed by atoms with E-state index in [2.05, 4.69) is 21.3 Å². The summed E-state index contributed by atoms with van der Waals surface area (Å²) in [5, 5.41) is 4.39. The Morgan fingerprint density at radius 2 is 1.94 bits per heavy atom. The molecule has 3 aromatic rings. The predicted octanol–water partition coefficient (Wildman–Crippen LogP) is 4.62. The fraction of sp³-hybridized carbons (Fsp3) is 0.360. The van der Waals surface area contributed by atoms with Gasteiger partial charge in [0.1, 0.15) is 0 Å². The average molecular weight is 498 g/mol. The predicted molar refractivity (Wildman–Crippen MR) is 130 cm³/mol. The number of morpholine rings is 1. The number of amides is 1. The van der Waals surface area contributed by atoms with Crippen LogP contribution in [-0.2, 0) is 14.9 Å². The van der Waals surface area contributed by atoms with E-state index in [-0.39, 0.29) is 18.7 Å². The van der Waals surface area contributed by atoms with E-state index >= 15 is 0 Å². The van der Waals surface area contributed by atoms with E-state index in [1.165, 1.54) is 11.3 Å². The summed E-state index contributed by atoms with van der Waals surface area (Å²) in [6.45, 7) is 3.25. The number of hydrogen-bond acceptors (Lipinski definition) is 7. The summed E-state index contributed by atoms with van der Waals surface area (Å²) in [7, 11) is 0. The van der Waals surface area contributed by atoms with Crippen molar-refractivity contribution in [3.63, 3.8) is 0 Å². The third kappa shape index (κ3) is 4.05. The molecule has 6 rings (SSSR count). The number of carbonyl (C=O) groups excluding carboxylic acids is 1. The Hall–Kier alpha value is -2.65. The van der Waals surface area contributed by atoms with Crippen LogP contribution in [0.3, 0.4) is 0 Å². The van der Waals surface area contributed by atoms with E-state index < -0.39 is 5.41 Å². The van der Waals surface area contributed by atoms with Crippen LogP contribution in [0.1, 0.15) is 34.9 Å². The largest absolute Gasteiger partial charge is 0.454 e. The first-order valence-electron chi connectivity index (χ1n) is 11.4. The summed E-state index contributed by atoms with van der Waals surface area (Å²) in [6.07, 6.45) is 3.46. The normalized spacial score (nSPS) is 19.6. The van der Waals surface area contributed by atoms with E-state index in [1.807, 2.05) is 42.6 Å². The van der Waals surface area contributed by atoms with Crippen molar-refractivity contribution in [3.8, 4) is 11.5 Å². The third-order valence-corrected chi connectivity index (χ3v) is 7.90. The molecule has 1 unspecified atom stereocenters. The van der Waals surface area contributed by atoms with Gasteiger partial charge in [-0.25, -0.2) is 4.98 Å². The molecule has 0 bridgehead atoms. The number of thiazole rings is 1. The highest BCUT2D eigenvalue weighted by molar-refractivity contribution is 7.15. The molecule has 176 valence electrons. The Labute approximate surface area is 206 Å². The van der Waals surface area contributed by atoms with Gasteiger partial charge in [0.2, 0.25) is 12.7 Å². The smallest absolute Gasteiger partial charge is 0.236 e. The summed E-state index contributed by atoms with van der Waals surface area (Å²) >= 11 is 7.82. The highest BCUT2D eigenvalue weighted by atomic mass is 35.5. The molecule has 9 heteroatoms. The number of fused-ring (bicyclic) bond motifs is 1. The van der Waals surface area contributed by atoms with Crippen LogP contribution in [0.5, 0.6) is 11.5 Å². The Morgan fingerprint density at radius 3 is 2.74 bits per heavy atom. The van der Waals surface area contributed by atoms with E-state index in [0.717, 1.165) is 47.7 Å². The number of aromatic nitrogens is 1. The summed E-state index contributed by atoms with van der Waals surface area (Å²) in [5.74, 6) is 1.39. The molecule has 1 atom stereocenters. The van der Waals surface area contributed by atoms with Crippen molar-refractivity contribution in [1.29, 1.82) is 0 Å². The van der Waals surface area contributed by atoms with Crippen LogP contribution in [0.15, 0.2) is 48.7 Å². The standard InChI is InChI=1S/C25H24ClN3O4S/c26-18-3-1-2-16(12-18)22(29-8-10-31-11-9-29)21-14-27-24(34-21)28-23(30)25(6-7-25)17-4-5-19-20(13-17)33-15-32-19/h1-5,12-14,22H,6-11,15H2,(H,27,28,30). The number of nitrogens with zero attached hydrogens (tertiary/aromatic N) is 2. The molecule has 7 nitrogen and oxygen atoms in total. The summed E-state index contributed by atoms with van der Waals surface area (Å²) in [5.41, 5.74) is 1.52. The second-order valence-electron chi connectivity index (χ2n) is 8.78. The van der Waals surface area contributed by atoms with Gasteiger partial charge in [-0.1, -0.05) is 41.1 Å². The Morgan fingerprint density at radius 1 is 1.12 bits per heavy atom. The topological polar surface area (TPSA) is 72.9 Å². The Balaban J connectivity index is 1.24. The van der Waals surface area contributed by atoms with Gasteiger partial charge < -0.3 is 19.5 Å². The zero-order chi connectivity index (χ0) is 23.1. The Bertz CT molecular complexity index is 1220.